The standard InChI is InChI=1S/C10H7ClF3N/c11-9-2-1-8(10(12,13)14)6-3-4-15-5-7(6)9/h1-2,5H,3-4H2. The van der Waals surface area contributed by atoms with Crippen molar-refractivity contribution in [3.8, 4) is 0 Å². The number of rotatable bonds is 0. The van der Waals surface area contributed by atoms with Crippen molar-refractivity contribution in [1.29, 1.82) is 0 Å². The first kappa shape index (κ1) is 10.5. The number of fused-ring (bicyclic) bond motifs is 1. The third kappa shape index (κ3) is 1.86. The Kier molecular flexibility index (Phi) is 2.46. The SMILES string of the molecule is FC(F)(F)c1ccc(Cl)c2c1CCN=C2. The van der Waals surface area contributed by atoms with Gasteiger partial charge in [0.2, 0.25) is 0 Å². The van der Waals surface area contributed by atoms with Crippen LogP contribution in [0.4, 0.5) is 13.2 Å². The highest BCUT2D eigenvalue weighted by atomic mass is 35.5. The molecule has 0 spiro atoms. The molecule has 1 aliphatic rings. The summed E-state index contributed by atoms with van der Waals surface area (Å²) in [7, 11) is 0. The van der Waals surface area contributed by atoms with Crippen molar-refractivity contribution < 1.29 is 13.2 Å². The van der Waals surface area contributed by atoms with E-state index in [4.69, 9.17) is 11.6 Å². The molecule has 0 fully saturated rings. The lowest BCUT2D eigenvalue weighted by molar-refractivity contribution is -0.138. The van der Waals surface area contributed by atoms with Crippen LogP contribution in [0, 0.1) is 0 Å². The van der Waals surface area contributed by atoms with E-state index in [0.29, 0.717) is 23.6 Å². The van der Waals surface area contributed by atoms with Gasteiger partial charge in [0.05, 0.1) is 5.56 Å². The zero-order valence-electron chi connectivity index (χ0n) is 7.61. The molecule has 1 aromatic rings. The van der Waals surface area contributed by atoms with Gasteiger partial charge in [0, 0.05) is 23.3 Å². The van der Waals surface area contributed by atoms with Crippen molar-refractivity contribution in [3.05, 3.63) is 33.8 Å². The molecule has 1 aromatic carbocycles. The molecule has 15 heavy (non-hydrogen) atoms. The van der Waals surface area contributed by atoms with Gasteiger partial charge in [-0.15, -0.1) is 0 Å². The van der Waals surface area contributed by atoms with E-state index in [1.807, 2.05) is 0 Å². The molecule has 1 nitrogen and oxygen atoms in total. The van der Waals surface area contributed by atoms with Crippen LogP contribution in [0.15, 0.2) is 17.1 Å². The lowest BCUT2D eigenvalue weighted by Crippen LogP contribution is -2.14. The first-order valence-electron chi connectivity index (χ1n) is 4.38. The summed E-state index contributed by atoms with van der Waals surface area (Å²) in [4.78, 5) is 3.93. The van der Waals surface area contributed by atoms with E-state index in [1.54, 1.807) is 0 Å². The van der Waals surface area contributed by atoms with Crippen molar-refractivity contribution >= 4 is 17.8 Å². The number of halogens is 4. The van der Waals surface area contributed by atoms with Crippen LogP contribution in [0.3, 0.4) is 0 Å². The molecule has 0 aromatic heterocycles. The van der Waals surface area contributed by atoms with Gasteiger partial charge in [-0.25, -0.2) is 0 Å². The fourth-order valence-corrected chi connectivity index (χ4v) is 1.87. The monoisotopic (exact) mass is 233 g/mol. The van der Waals surface area contributed by atoms with E-state index in [2.05, 4.69) is 4.99 Å². The molecule has 0 atom stereocenters. The van der Waals surface area contributed by atoms with E-state index in [1.165, 1.54) is 12.3 Å². The van der Waals surface area contributed by atoms with Crippen LogP contribution in [0.2, 0.25) is 5.02 Å². The van der Waals surface area contributed by atoms with E-state index < -0.39 is 11.7 Å². The van der Waals surface area contributed by atoms with Crippen LogP contribution in [0.5, 0.6) is 0 Å². The Balaban J connectivity index is 2.65. The molecule has 0 bridgehead atoms. The zero-order chi connectivity index (χ0) is 11.1. The molecule has 0 N–H and O–H groups in total. The van der Waals surface area contributed by atoms with Gasteiger partial charge in [0.25, 0.3) is 0 Å². The van der Waals surface area contributed by atoms with Gasteiger partial charge in [-0.2, -0.15) is 13.2 Å². The average Bonchev–Trinajstić information content (AvgIpc) is 2.17. The summed E-state index contributed by atoms with van der Waals surface area (Å²) in [5.74, 6) is 0. The quantitative estimate of drug-likeness (QED) is 0.652. The summed E-state index contributed by atoms with van der Waals surface area (Å²) < 4.78 is 37.9. The smallest absolute Gasteiger partial charge is 0.292 e. The van der Waals surface area contributed by atoms with Gasteiger partial charge < -0.3 is 0 Å². The maximum atomic E-state index is 12.6. The molecule has 2 rings (SSSR count). The molecule has 0 saturated heterocycles. The lowest BCUT2D eigenvalue weighted by Gasteiger charge is -2.18. The van der Waals surface area contributed by atoms with Crippen LogP contribution in [0.1, 0.15) is 16.7 Å². The molecule has 0 amide bonds. The Morgan fingerprint density at radius 1 is 1.27 bits per heavy atom. The molecule has 80 valence electrons. The lowest BCUT2D eigenvalue weighted by atomic mass is 9.96. The van der Waals surface area contributed by atoms with Crippen LogP contribution in [0.25, 0.3) is 0 Å². The predicted molar refractivity (Wildman–Crippen MR) is 52.6 cm³/mol. The summed E-state index contributed by atoms with van der Waals surface area (Å²) in [6.07, 6.45) is -2.61. The minimum atomic E-state index is -4.32. The second-order valence-corrected chi connectivity index (χ2v) is 3.68. The Morgan fingerprint density at radius 3 is 2.67 bits per heavy atom. The summed E-state index contributed by atoms with van der Waals surface area (Å²) >= 11 is 5.81. The topological polar surface area (TPSA) is 12.4 Å². The van der Waals surface area contributed by atoms with Crippen LogP contribution < -0.4 is 0 Å². The van der Waals surface area contributed by atoms with Crippen molar-refractivity contribution in [3.63, 3.8) is 0 Å². The average molecular weight is 234 g/mol. The third-order valence-corrected chi connectivity index (χ3v) is 2.65. The Hall–Kier alpha value is -1.03. The van der Waals surface area contributed by atoms with Crippen LogP contribution >= 0.6 is 11.6 Å². The van der Waals surface area contributed by atoms with Gasteiger partial charge in [-0.3, -0.25) is 4.99 Å². The minimum absolute atomic E-state index is 0.255. The van der Waals surface area contributed by atoms with Gasteiger partial charge in [-0.1, -0.05) is 11.6 Å². The van der Waals surface area contributed by atoms with Gasteiger partial charge in [-0.05, 0) is 24.1 Å². The number of benzene rings is 1. The molecular formula is C10H7ClF3N. The summed E-state index contributed by atoms with van der Waals surface area (Å²) in [5.41, 5.74) is 0.0517. The summed E-state index contributed by atoms with van der Waals surface area (Å²) in [6.45, 7) is 0.385. The molecule has 5 heteroatoms. The number of hydrogen-bond acceptors (Lipinski definition) is 1. The normalized spacial score (nSPS) is 15.2. The van der Waals surface area contributed by atoms with E-state index >= 15 is 0 Å². The largest absolute Gasteiger partial charge is 0.416 e. The van der Waals surface area contributed by atoms with Crippen LogP contribution in [-0.4, -0.2) is 12.8 Å². The zero-order valence-corrected chi connectivity index (χ0v) is 8.36. The van der Waals surface area contributed by atoms with Gasteiger partial charge >= 0.3 is 6.18 Å². The highest BCUT2D eigenvalue weighted by Crippen LogP contribution is 2.36. The maximum Gasteiger partial charge on any atom is 0.416 e. The number of nitrogens with zero attached hydrogens (tertiary/aromatic N) is 1. The summed E-state index contributed by atoms with van der Waals surface area (Å²) in [5, 5.41) is 0.321. The molecule has 0 aliphatic carbocycles. The molecule has 0 unspecified atom stereocenters. The molecule has 1 heterocycles. The van der Waals surface area contributed by atoms with E-state index in [9.17, 15) is 13.2 Å². The van der Waals surface area contributed by atoms with Crippen molar-refractivity contribution in [2.24, 2.45) is 4.99 Å². The maximum absolute atomic E-state index is 12.6. The van der Waals surface area contributed by atoms with Gasteiger partial charge in [0.1, 0.15) is 0 Å². The first-order valence-corrected chi connectivity index (χ1v) is 4.76. The second kappa shape index (κ2) is 3.52. The van der Waals surface area contributed by atoms with Crippen molar-refractivity contribution in [2.45, 2.75) is 12.6 Å². The second-order valence-electron chi connectivity index (χ2n) is 3.27. The fourth-order valence-electron chi connectivity index (χ4n) is 1.64. The van der Waals surface area contributed by atoms with Gasteiger partial charge in [0.15, 0.2) is 0 Å². The molecule has 0 saturated carbocycles. The minimum Gasteiger partial charge on any atom is -0.292 e. The molecule has 1 aliphatic heterocycles. The molecule has 0 radical (unpaired) electrons. The van der Waals surface area contributed by atoms with Crippen LogP contribution in [-0.2, 0) is 12.6 Å². The van der Waals surface area contributed by atoms with Crippen molar-refractivity contribution in [1.82, 2.24) is 0 Å². The number of hydrogen-bond donors (Lipinski definition) is 0. The first-order chi connectivity index (χ1) is 7.00. The van der Waals surface area contributed by atoms with Crippen molar-refractivity contribution in [2.75, 3.05) is 6.54 Å². The highest BCUT2D eigenvalue weighted by Gasteiger charge is 2.34. The summed E-state index contributed by atoms with van der Waals surface area (Å²) in [6, 6.07) is 2.29. The Bertz CT molecular complexity index is 423. The highest BCUT2D eigenvalue weighted by molar-refractivity contribution is 6.33. The Labute approximate surface area is 89.6 Å². The number of alkyl halides is 3. The Morgan fingerprint density at radius 2 is 2.00 bits per heavy atom. The van der Waals surface area contributed by atoms with E-state index in [-0.39, 0.29) is 5.56 Å². The third-order valence-electron chi connectivity index (χ3n) is 2.32. The molecular weight excluding hydrogens is 227 g/mol. The predicted octanol–water partition coefficient (Wildman–Crippen LogP) is 3.33. The fraction of sp³-hybridized carbons (Fsp3) is 0.300. The number of aliphatic imine (C=N–C) groups is 1. The van der Waals surface area contributed by atoms with E-state index in [0.717, 1.165) is 6.07 Å².